The highest BCUT2D eigenvalue weighted by molar-refractivity contribution is 7.99. The lowest BCUT2D eigenvalue weighted by Crippen LogP contribution is -2.35. The molecule has 0 aliphatic rings. The smallest absolute Gasteiger partial charge is 0.230 e. The van der Waals surface area contributed by atoms with Gasteiger partial charge in [-0.3, -0.25) is 9.36 Å². The van der Waals surface area contributed by atoms with Gasteiger partial charge in [-0.2, -0.15) is 0 Å². The summed E-state index contributed by atoms with van der Waals surface area (Å²) in [6, 6.07) is 14.2. The van der Waals surface area contributed by atoms with Gasteiger partial charge in [-0.1, -0.05) is 36.0 Å². The van der Waals surface area contributed by atoms with Crippen molar-refractivity contribution < 1.29 is 9.53 Å². The second-order valence-electron chi connectivity index (χ2n) is 7.65. The molecule has 1 amide bonds. The molecule has 0 saturated heterocycles. The standard InChI is InChI=1S/C24H30N4O2S/c1-17-8-6-11-21(18(17)2)28-13-12-25-24(28)31-16-23(29)26-15-22(27(3)4)19-9-7-10-20(14-19)30-5/h6-14,22H,15-16H2,1-5H3,(H,26,29). The van der Waals surface area contributed by atoms with Crippen molar-refractivity contribution in [3.8, 4) is 11.4 Å². The number of benzene rings is 2. The number of methoxy groups -OCH3 is 1. The third kappa shape index (κ3) is 5.68. The first kappa shape index (κ1) is 22.9. The molecule has 0 saturated carbocycles. The molecular formula is C24H30N4O2S. The summed E-state index contributed by atoms with van der Waals surface area (Å²) in [6.07, 6.45) is 3.71. The minimum atomic E-state index is -0.0183. The molecule has 1 heterocycles. The van der Waals surface area contributed by atoms with Gasteiger partial charge in [0.2, 0.25) is 5.91 Å². The Morgan fingerprint density at radius 2 is 2.00 bits per heavy atom. The van der Waals surface area contributed by atoms with Crippen molar-refractivity contribution in [2.75, 3.05) is 33.5 Å². The molecule has 0 spiro atoms. The summed E-state index contributed by atoms with van der Waals surface area (Å²) in [7, 11) is 5.67. The molecule has 3 rings (SSSR count). The second kappa shape index (κ2) is 10.5. The van der Waals surface area contributed by atoms with Gasteiger partial charge in [0.15, 0.2) is 5.16 Å². The molecule has 3 aromatic rings. The number of hydrogen-bond donors (Lipinski definition) is 1. The summed E-state index contributed by atoms with van der Waals surface area (Å²) in [5, 5.41) is 3.87. The highest BCUT2D eigenvalue weighted by Crippen LogP contribution is 2.25. The molecule has 0 bridgehead atoms. The van der Waals surface area contributed by atoms with Crippen LogP contribution in [0.1, 0.15) is 22.7 Å². The van der Waals surface area contributed by atoms with Crippen molar-refractivity contribution in [1.82, 2.24) is 19.8 Å². The van der Waals surface area contributed by atoms with Crippen LogP contribution in [0.15, 0.2) is 60.0 Å². The zero-order valence-electron chi connectivity index (χ0n) is 18.8. The first-order chi connectivity index (χ1) is 14.9. The van der Waals surface area contributed by atoms with Crippen LogP contribution >= 0.6 is 11.8 Å². The van der Waals surface area contributed by atoms with Crippen LogP contribution in [-0.2, 0) is 4.79 Å². The van der Waals surface area contributed by atoms with Gasteiger partial charge in [-0.25, -0.2) is 4.98 Å². The first-order valence-corrected chi connectivity index (χ1v) is 11.2. The van der Waals surface area contributed by atoms with Crippen LogP contribution in [0.25, 0.3) is 5.69 Å². The van der Waals surface area contributed by atoms with Gasteiger partial charge >= 0.3 is 0 Å². The summed E-state index contributed by atoms with van der Waals surface area (Å²) < 4.78 is 7.38. The van der Waals surface area contributed by atoms with E-state index in [1.54, 1.807) is 13.3 Å². The molecule has 164 valence electrons. The molecular weight excluding hydrogens is 408 g/mol. The second-order valence-corrected chi connectivity index (χ2v) is 8.59. The van der Waals surface area contributed by atoms with Crippen LogP contribution in [0, 0.1) is 13.8 Å². The van der Waals surface area contributed by atoms with Crippen LogP contribution < -0.4 is 10.1 Å². The molecule has 0 aliphatic carbocycles. The lowest BCUT2D eigenvalue weighted by molar-refractivity contribution is -0.118. The van der Waals surface area contributed by atoms with Gasteiger partial charge in [-0.05, 0) is 62.8 Å². The zero-order chi connectivity index (χ0) is 22.4. The van der Waals surface area contributed by atoms with E-state index in [9.17, 15) is 4.79 Å². The van der Waals surface area contributed by atoms with Crippen molar-refractivity contribution in [2.24, 2.45) is 0 Å². The molecule has 1 aromatic heterocycles. The average molecular weight is 439 g/mol. The largest absolute Gasteiger partial charge is 0.497 e. The Bertz CT molecular complexity index is 1030. The number of aromatic nitrogens is 2. The Morgan fingerprint density at radius 3 is 2.74 bits per heavy atom. The van der Waals surface area contributed by atoms with E-state index in [4.69, 9.17) is 4.74 Å². The van der Waals surface area contributed by atoms with Crippen LogP contribution in [0.3, 0.4) is 0 Å². The van der Waals surface area contributed by atoms with Crippen LogP contribution in [0.4, 0.5) is 0 Å². The highest BCUT2D eigenvalue weighted by Gasteiger charge is 2.17. The maximum absolute atomic E-state index is 12.6. The topological polar surface area (TPSA) is 59.4 Å². The molecule has 6 nitrogen and oxygen atoms in total. The Hall–Kier alpha value is -2.77. The normalized spacial score (nSPS) is 12.1. The number of nitrogens with zero attached hydrogens (tertiary/aromatic N) is 3. The summed E-state index contributed by atoms with van der Waals surface area (Å²) in [5.41, 5.74) is 4.62. The molecule has 1 atom stereocenters. The average Bonchev–Trinajstić information content (AvgIpc) is 3.22. The predicted molar refractivity (Wildman–Crippen MR) is 126 cm³/mol. The fourth-order valence-corrected chi connectivity index (χ4v) is 4.21. The minimum absolute atomic E-state index is 0.0183. The van der Waals surface area contributed by atoms with Crippen molar-refractivity contribution in [2.45, 2.75) is 25.0 Å². The number of rotatable bonds is 9. The van der Waals surface area contributed by atoms with E-state index in [0.717, 1.165) is 22.2 Å². The maximum atomic E-state index is 12.6. The molecule has 0 radical (unpaired) electrons. The number of ether oxygens (including phenoxy) is 1. The van der Waals surface area contributed by atoms with E-state index < -0.39 is 0 Å². The minimum Gasteiger partial charge on any atom is -0.497 e. The lowest BCUT2D eigenvalue weighted by Gasteiger charge is -2.25. The predicted octanol–water partition coefficient (Wildman–Crippen LogP) is 4.01. The lowest BCUT2D eigenvalue weighted by atomic mass is 10.1. The third-order valence-electron chi connectivity index (χ3n) is 5.37. The number of carbonyl (C=O) groups excluding carboxylic acids is 1. The van der Waals surface area contributed by atoms with Gasteiger partial charge in [0, 0.05) is 18.9 Å². The zero-order valence-corrected chi connectivity index (χ0v) is 19.6. The fraction of sp³-hybridized carbons (Fsp3) is 0.333. The van der Waals surface area contributed by atoms with Gasteiger partial charge in [0.1, 0.15) is 5.75 Å². The molecule has 0 fully saturated rings. The summed E-state index contributed by atoms with van der Waals surface area (Å²) in [5.74, 6) is 1.10. The van der Waals surface area contributed by atoms with Gasteiger partial charge in [0.05, 0.1) is 24.6 Å². The number of imidazole rings is 1. The molecule has 2 aromatic carbocycles. The monoisotopic (exact) mass is 438 g/mol. The van der Waals surface area contributed by atoms with Gasteiger partial charge in [-0.15, -0.1) is 0 Å². The SMILES string of the molecule is COc1cccc(C(CNC(=O)CSc2nccn2-c2cccc(C)c2C)N(C)C)c1. The summed E-state index contributed by atoms with van der Waals surface area (Å²) >= 11 is 1.44. The summed E-state index contributed by atoms with van der Waals surface area (Å²) in [4.78, 5) is 19.1. The van der Waals surface area contributed by atoms with E-state index in [1.165, 1.54) is 22.9 Å². The van der Waals surface area contributed by atoms with E-state index in [-0.39, 0.29) is 11.9 Å². The van der Waals surface area contributed by atoms with E-state index in [0.29, 0.717) is 12.3 Å². The number of aryl methyl sites for hydroxylation is 1. The van der Waals surface area contributed by atoms with E-state index >= 15 is 0 Å². The Kier molecular flexibility index (Phi) is 7.76. The number of carbonyl (C=O) groups is 1. The van der Waals surface area contributed by atoms with Crippen molar-refractivity contribution >= 4 is 17.7 Å². The van der Waals surface area contributed by atoms with Crippen molar-refractivity contribution in [3.63, 3.8) is 0 Å². The number of amides is 1. The first-order valence-electron chi connectivity index (χ1n) is 10.2. The fourth-order valence-electron chi connectivity index (χ4n) is 3.42. The Balaban J connectivity index is 1.62. The molecule has 0 aliphatic heterocycles. The van der Waals surface area contributed by atoms with Crippen molar-refractivity contribution in [1.29, 1.82) is 0 Å². The molecule has 1 N–H and O–H groups in total. The Morgan fingerprint density at radius 1 is 1.23 bits per heavy atom. The number of nitrogens with one attached hydrogen (secondary N) is 1. The third-order valence-corrected chi connectivity index (χ3v) is 6.34. The van der Waals surface area contributed by atoms with Gasteiger partial charge in [0.25, 0.3) is 0 Å². The molecule has 1 unspecified atom stereocenters. The maximum Gasteiger partial charge on any atom is 0.230 e. The van der Waals surface area contributed by atoms with Crippen molar-refractivity contribution in [3.05, 3.63) is 71.5 Å². The van der Waals surface area contributed by atoms with Crippen LogP contribution in [-0.4, -0.2) is 53.9 Å². The number of thioether (sulfide) groups is 1. The molecule has 31 heavy (non-hydrogen) atoms. The van der Waals surface area contributed by atoms with E-state index in [2.05, 4.69) is 47.2 Å². The van der Waals surface area contributed by atoms with Gasteiger partial charge < -0.3 is 15.0 Å². The number of hydrogen-bond acceptors (Lipinski definition) is 5. The van der Waals surface area contributed by atoms with Crippen LogP contribution in [0.2, 0.25) is 0 Å². The molecule has 7 heteroatoms. The Labute approximate surface area is 188 Å². The number of likely N-dealkylation sites (N-methyl/N-ethyl adjacent to an activating group) is 1. The van der Waals surface area contributed by atoms with E-state index in [1.807, 2.05) is 49.1 Å². The van der Waals surface area contributed by atoms with Crippen LogP contribution in [0.5, 0.6) is 5.75 Å². The quantitative estimate of drug-likeness (QED) is 0.512. The highest BCUT2D eigenvalue weighted by atomic mass is 32.2. The summed E-state index contributed by atoms with van der Waals surface area (Å²) in [6.45, 7) is 4.72.